The summed E-state index contributed by atoms with van der Waals surface area (Å²) in [5.74, 6) is -1.31. The first-order chi connectivity index (χ1) is 9.61. The molecule has 0 aliphatic heterocycles. The van der Waals surface area contributed by atoms with Gasteiger partial charge >= 0.3 is 11.8 Å². The fourth-order valence-corrected chi connectivity index (χ4v) is 1.78. The third kappa shape index (κ3) is 3.12. The molecule has 2 rings (SSSR count). The molecule has 0 saturated heterocycles. The van der Waals surface area contributed by atoms with Gasteiger partial charge in [-0.2, -0.15) is 0 Å². The lowest BCUT2D eigenvalue weighted by Crippen LogP contribution is -2.40. The first-order valence-electron chi connectivity index (χ1n) is 6.57. The fourth-order valence-electron chi connectivity index (χ4n) is 1.78. The number of benzene rings is 1. The highest BCUT2D eigenvalue weighted by Gasteiger charge is 2.16. The van der Waals surface area contributed by atoms with Gasteiger partial charge in [-0.15, -0.1) is 0 Å². The van der Waals surface area contributed by atoms with Crippen molar-refractivity contribution in [3.05, 3.63) is 36.5 Å². The van der Waals surface area contributed by atoms with E-state index in [9.17, 15) is 9.59 Å². The predicted octanol–water partition coefficient (Wildman–Crippen LogP) is 2.09. The zero-order chi connectivity index (χ0) is 14.5. The van der Waals surface area contributed by atoms with Crippen LogP contribution in [0.5, 0.6) is 0 Å². The fraction of sp³-hybridized carbons (Fsp3) is 0.267. The van der Waals surface area contributed by atoms with E-state index in [0.717, 1.165) is 11.8 Å². The van der Waals surface area contributed by atoms with Crippen molar-refractivity contribution in [3.8, 4) is 0 Å². The Bertz CT molecular complexity index is 635. The van der Waals surface area contributed by atoms with Crippen molar-refractivity contribution >= 4 is 28.4 Å². The molecule has 0 aliphatic rings. The molecule has 1 aromatic heterocycles. The SMILES string of the molecule is CCC(C)NC(=O)C(=O)Nc1cccc2cccnc12. The largest absolute Gasteiger partial charge is 0.345 e. The summed E-state index contributed by atoms with van der Waals surface area (Å²) in [6.07, 6.45) is 2.42. The van der Waals surface area contributed by atoms with Crippen LogP contribution in [-0.4, -0.2) is 22.8 Å². The van der Waals surface area contributed by atoms with E-state index in [1.54, 1.807) is 12.3 Å². The van der Waals surface area contributed by atoms with Gasteiger partial charge in [0.05, 0.1) is 11.2 Å². The molecule has 2 N–H and O–H groups in total. The lowest BCUT2D eigenvalue weighted by Gasteiger charge is -2.11. The zero-order valence-electron chi connectivity index (χ0n) is 11.5. The summed E-state index contributed by atoms with van der Waals surface area (Å²) in [5.41, 5.74) is 1.20. The number of para-hydroxylation sites is 1. The van der Waals surface area contributed by atoms with Crippen molar-refractivity contribution < 1.29 is 9.59 Å². The van der Waals surface area contributed by atoms with Gasteiger partial charge in [-0.3, -0.25) is 14.6 Å². The lowest BCUT2D eigenvalue weighted by molar-refractivity contribution is -0.136. The summed E-state index contributed by atoms with van der Waals surface area (Å²) in [4.78, 5) is 27.8. The van der Waals surface area contributed by atoms with E-state index in [4.69, 9.17) is 0 Å². The number of pyridine rings is 1. The van der Waals surface area contributed by atoms with Gasteiger partial charge < -0.3 is 10.6 Å². The van der Waals surface area contributed by atoms with Gasteiger partial charge in [-0.25, -0.2) is 0 Å². The lowest BCUT2D eigenvalue weighted by atomic mass is 10.2. The quantitative estimate of drug-likeness (QED) is 0.840. The number of hydrogen-bond acceptors (Lipinski definition) is 3. The van der Waals surface area contributed by atoms with E-state index < -0.39 is 11.8 Å². The number of carbonyl (C=O) groups is 2. The molecule has 0 aliphatic carbocycles. The first kappa shape index (κ1) is 14.0. The molecule has 5 nitrogen and oxygen atoms in total. The van der Waals surface area contributed by atoms with Crippen molar-refractivity contribution in [1.29, 1.82) is 0 Å². The van der Waals surface area contributed by atoms with Crippen LogP contribution in [0.4, 0.5) is 5.69 Å². The summed E-state index contributed by atoms with van der Waals surface area (Å²) in [7, 11) is 0. The monoisotopic (exact) mass is 271 g/mol. The van der Waals surface area contributed by atoms with Crippen LogP contribution in [0.15, 0.2) is 36.5 Å². The van der Waals surface area contributed by atoms with Crippen LogP contribution in [0.3, 0.4) is 0 Å². The molecule has 0 spiro atoms. The first-order valence-corrected chi connectivity index (χ1v) is 6.57. The molecule has 20 heavy (non-hydrogen) atoms. The van der Waals surface area contributed by atoms with Gasteiger partial charge in [0, 0.05) is 17.6 Å². The maximum Gasteiger partial charge on any atom is 0.313 e. The standard InChI is InChI=1S/C15H17N3O2/c1-3-10(2)17-14(19)15(20)18-12-8-4-6-11-7-5-9-16-13(11)12/h4-10H,3H2,1-2H3,(H,17,19)(H,18,20). The molecule has 5 heteroatoms. The molecular weight excluding hydrogens is 254 g/mol. The van der Waals surface area contributed by atoms with Crippen molar-refractivity contribution in [3.63, 3.8) is 0 Å². The van der Waals surface area contributed by atoms with Crippen LogP contribution in [-0.2, 0) is 9.59 Å². The van der Waals surface area contributed by atoms with Crippen molar-refractivity contribution in [2.45, 2.75) is 26.3 Å². The molecule has 1 heterocycles. The molecular formula is C15H17N3O2. The van der Waals surface area contributed by atoms with Crippen LogP contribution in [0.2, 0.25) is 0 Å². The molecule has 0 bridgehead atoms. The minimum Gasteiger partial charge on any atom is -0.345 e. The van der Waals surface area contributed by atoms with E-state index in [2.05, 4.69) is 15.6 Å². The number of rotatable bonds is 3. The van der Waals surface area contributed by atoms with Crippen molar-refractivity contribution in [1.82, 2.24) is 10.3 Å². The number of nitrogens with zero attached hydrogens (tertiary/aromatic N) is 1. The molecule has 104 valence electrons. The number of hydrogen-bond donors (Lipinski definition) is 2. The second-order valence-corrected chi connectivity index (χ2v) is 4.62. The minimum absolute atomic E-state index is 0.0288. The van der Waals surface area contributed by atoms with E-state index in [1.165, 1.54) is 0 Å². The zero-order valence-corrected chi connectivity index (χ0v) is 11.5. The van der Waals surface area contributed by atoms with Gasteiger partial charge in [0.15, 0.2) is 0 Å². The number of anilines is 1. The highest BCUT2D eigenvalue weighted by Crippen LogP contribution is 2.20. The van der Waals surface area contributed by atoms with Crippen molar-refractivity contribution in [2.75, 3.05) is 5.32 Å². The third-order valence-corrected chi connectivity index (χ3v) is 3.08. The summed E-state index contributed by atoms with van der Waals surface area (Å²) < 4.78 is 0. The topological polar surface area (TPSA) is 71.1 Å². The van der Waals surface area contributed by atoms with Crippen LogP contribution < -0.4 is 10.6 Å². The molecule has 0 saturated carbocycles. The summed E-state index contributed by atoms with van der Waals surface area (Å²) in [5, 5.41) is 6.14. The maximum atomic E-state index is 11.9. The Kier molecular flexibility index (Phi) is 4.30. The number of aromatic nitrogens is 1. The Balaban J connectivity index is 2.16. The summed E-state index contributed by atoms with van der Waals surface area (Å²) >= 11 is 0. The average molecular weight is 271 g/mol. The summed E-state index contributed by atoms with van der Waals surface area (Å²) in [6, 6.07) is 9.13. The normalized spacial score (nSPS) is 11.9. The van der Waals surface area contributed by atoms with Crippen LogP contribution >= 0.6 is 0 Å². The summed E-state index contributed by atoms with van der Waals surface area (Å²) in [6.45, 7) is 3.79. The van der Waals surface area contributed by atoms with E-state index in [0.29, 0.717) is 11.2 Å². The smallest absolute Gasteiger partial charge is 0.313 e. The predicted molar refractivity (Wildman–Crippen MR) is 78.3 cm³/mol. The number of nitrogens with one attached hydrogen (secondary N) is 2. The van der Waals surface area contributed by atoms with Gasteiger partial charge in [0.25, 0.3) is 0 Å². The Hall–Kier alpha value is -2.43. The molecule has 0 radical (unpaired) electrons. The highest BCUT2D eigenvalue weighted by atomic mass is 16.2. The highest BCUT2D eigenvalue weighted by molar-refractivity contribution is 6.40. The van der Waals surface area contributed by atoms with E-state index >= 15 is 0 Å². The molecule has 1 atom stereocenters. The maximum absolute atomic E-state index is 11.9. The second-order valence-electron chi connectivity index (χ2n) is 4.62. The van der Waals surface area contributed by atoms with Crippen molar-refractivity contribution in [2.24, 2.45) is 0 Å². The Morgan fingerprint density at radius 3 is 2.70 bits per heavy atom. The van der Waals surface area contributed by atoms with Crippen LogP contribution in [0, 0.1) is 0 Å². The van der Waals surface area contributed by atoms with E-state index in [1.807, 2.05) is 38.1 Å². The Morgan fingerprint density at radius 2 is 1.95 bits per heavy atom. The Labute approximate surface area is 117 Å². The minimum atomic E-state index is -0.677. The number of carbonyl (C=O) groups excluding carboxylic acids is 2. The van der Waals surface area contributed by atoms with E-state index in [-0.39, 0.29) is 6.04 Å². The number of amides is 2. The van der Waals surface area contributed by atoms with Gasteiger partial charge in [-0.1, -0.05) is 25.1 Å². The molecule has 1 aromatic carbocycles. The molecule has 0 fully saturated rings. The molecule has 2 amide bonds. The van der Waals surface area contributed by atoms with Gasteiger partial charge in [-0.05, 0) is 25.5 Å². The average Bonchev–Trinajstić information content (AvgIpc) is 2.47. The van der Waals surface area contributed by atoms with Gasteiger partial charge in [0.2, 0.25) is 0 Å². The van der Waals surface area contributed by atoms with Crippen LogP contribution in [0.25, 0.3) is 10.9 Å². The Morgan fingerprint density at radius 1 is 1.20 bits per heavy atom. The molecule has 1 unspecified atom stereocenters. The molecule has 2 aromatic rings. The van der Waals surface area contributed by atoms with Crippen LogP contribution in [0.1, 0.15) is 20.3 Å². The third-order valence-electron chi connectivity index (χ3n) is 3.08. The number of fused-ring (bicyclic) bond motifs is 1. The second kappa shape index (κ2) is 6.14. The van der Waals surface area contributed by atoms with Gasteiger partial charge in [0.1, 0.15) is 0 Å².